The summed E-state index contributed by atoms with van der Waals surface area (Å²) in [5.41, 5.74) is 1.41. The standard InChI is InChI=1S/C12H17BrO/c1-12(2,3)9-14-11-7-5-4-6-10(11)8-13/h4-7H,8-9H2,1-3H3. The summed E-state index contributed by atoms with van der Waals surface area (Å²) in [6.07, 6.45) is 0. The van der Waals surface area contributed by atoms with Crippen LogP contribution < -0.4 is 4.74 Å². The van der Waals surface area contributed by atoms with Crippen LogP contribution in [0.1, 0.15) is 26.3 Å². The number of alkyl halides is 1. The average Bonchev–Trinajstić information content (AvgIpc) is 2.14. The zero-order valence-corrected chi connectivity index (χ0v) is 10.6. The van der Waals surface area contributed by atoms with Gasteiger partial charge in [0.2, 0.25) is 0 Å². The van der Waals surface area contributed by atoms with Gasteiger partial charge in [-0.3, -0.25) is 0 Å². The van der Waals surface area contributed by atoms with Crippen LogP contribution in [0.2, 0.25) is 0 Å². The summed E-state index contributed by atoms with van der Waals surface area (Å²) >= 11 is 3.45. The fourth-order valence-electron chi connectivity index (χ4n) is 1.05. The largest absolute Gasteiger partial charge is 0.493 e. The Hall–Kier alpha value is -0.500. The fraction of sp³-hybridized carbons (Fsp3) is 0.500. The molecular formula is C12H17BrO. The normalized spacial score (nSPS) is 11.4. The number of halogens is 1. The van der Waals surface area contributed by atoms with E-state index in [9.17, 15) is 0 Å². The van der Waals surface area contributed by atoms with Gasteiger partial charge in [-0.25, -0.2) is 0 Å². The van der Waals surface area contributed by atoms with E-state index < -0.39 is 0 Å². The molecule has 78 valence electrons. The lowest BCUT2D eigenvalue weighted by Crippen LogP contribution is -2.17. The van der Waals surface area contributed by atoms with Crippen molar-refractivity contribution >= 4 is 15.9 Å². The lowest BCUT2D eigenvalue weighted by Gasteiger charge is -2.19. The van der Waals surface area contributed by atoms with E-state index in [4.69, 9.17) is 4.74 Å². The van der Waals surface area contributed by atoms with Crippen LogP contribution in [0, 0.1) is 5.41 Å². The van der Waals surface area contributed by atoms with E-state index >= 15 is 0 Å². The highest BCUT2D eigenvalue weighted by atomic mass is 79.9. The molecule has 0 atom stereocenters. The first-order valence-corrected chi connectivity index (χ1v) is 5.92. The maximum absolute atomic E-state index is 5.76. The Bertz CT molecular complexity index is 289. The maximum Gasteiger partial charge on any atom is 0.123 e. The Balaban J connectivity index is 2.67. The van der Waals surface area contributed by atoms with Gasteiger partial charge in [0.25, 0.3) is 0 Å². The number of rotatable bonds is 3. The van der Waals surface area contributed by atoms with Crippen molar-refractivity contribution in [1.29, 1.82) is 0 Å². The summed E-state index contributed by atoms with van der Waals surface area (Å²) in [5.74, 6) is 0.985. The van der Waals surface area contributed by atoms with Crippen LogP contribution in [-0.2, 0) is 5.33 Å². The lowest BCUT2D eigenvalue weighted by molar-refractivity contribution is 0.197. The van der Waals surface area contributed by atoms with E-state index in [1.807, 2.05) is 18.2 Å². The summed E-state index contributed by atoms with van der Waals surface area (Å²) in [6.45, 7) is 7.26. The molecule has 0 fully saturated rings. The van der Waals surface area contributed by atoms with Gasteiger partial charge in [0.15, 0.2) is 0 Å². The molecule has 0 aliphatic heterocycles. The number of hydrogen-bond acceptors (Lipinski definition) is 1. The Morgan fingerprint density at radius 3 is 2.43 bits per heavy atom. The summed E-state index contributed by atoms with van der Waals surface area (Å²) in [4.78, 5) is 0. The highest BCUT2D eigenvalue weighted by Gasteiger charge is 2.12. The number of benzene rings is 1. The average molecular weight is 257 g/mol. The number of para-hydroxylation sites is 1. The van der Waals surface area contributed by atoms with Gasteiger partial charge in [-0.05, 0) is 11.5 Å². The van der Waals surface area contributed by atoms with E-state index in [0.29, 0.717) is 0 Å². The van der Waals surface area contributed by atoms with Crippen molar-refractivity contribution in [3.8, 4) is 5.75 Å². The smallest absolute Gasteiger partial charge is 0.123 e. The molecule has 0 saturated heterocycles. The van der Waals surface area contributed by atoms with E-state index in [-0.39, 0.29) is 5.41 Å². The second-order valence-corrected chi connectivity index (χ2v) is 5.15. The van der Waals surface area contributed by atoms with Crippen molar-refractivity contribution in [1.82, 2.24) is 0 Å². The maximum atomic E-state index is 5.76. The molecule has 0 aliphatic rings. The summed E-state index contributed by atoms with van der Waals surface area (Å²) in [6, 6.07) is 8.12. The topological polar surface area (TPSA) is 9.23 Å². The molecule has 0 heterocycles. The summed E-state index contributed by atoms with van der Waals surface area (Å²) in [7, 11) is 0. The molecule has 1 rings (SSSR count). The fourth-order valence-corrected chi connectivity index (χ4v) is 1.51. The predicted octanol–water partition coefficient (Wildman–Crippen LogP) is 4.01. The monoisotopic (exact) mass is 256 g/mol. The lowest BCUT2D eigenvalue weighted by atomic mass is 9.99. The highest BCUT2D eigenvalue weighted by molar-refractivity contribution is 9.08. The minimum Gasteiger partial charge on any atom is -0.493 e. The number of hydrogen-bond donors (Lipinski definition) is 0. The zero-order valence-electron chi connectivity index (χ0n) is 9.01. The molecule has 0 N–H and O–H groups in total. The first kappa shape index (κ1) is 11.6. The summed E-state index contributed by atoms with van der Waals surface area (Å²) < 4.78 is 5.76. The van der Waals surface area contributed by atoms with Crippen LogP contribution in [0.5, 0.6) is 5.75 Å². The van der Waals surface area contributed by atoms with Crippen LogP contribution >= 0.6 is 15.9 Å². The molecule has 1 nitrogen and oxygen atoms in total. The van der Waals surface area contributed by atoms with Gasteiger partial charge in [-0.2, -0.15) is 0 Å². The van der Waals surface area contributed by atoms with Crippen LogP contribution in [0.4, 0.5) is 0 Å². The second kappa shape index (κ2) is 4.83. The van der Waals surface area contributed by atoms with E-state index in [0.717, 1.165) is 17.7 Å². The van der Waals surface area contributed by atoms with Crippen molar-refractivity contribution in [3.63, 3.8) is 0 Å². The molecule has 0 spiro atoms. The van der Waals surface area contributed by atoms with Crippen molar-refractivity contribution in [2.75, 3.05) is 6.61 Å². The molecular weight excluding hydrogens is 240 g/mol. The van der Waals surface area contributed by atoms with Gasteiger partial charge < -0.3 is 4.74 Å². The molecule has 0 saturated carbocycles. The minimum atomic E-state index is 0.208. The van der Waals surface area contributed by atoms with Crippen LogP contribution in [-0.4, -0.2) is 6.61 Å². The predicted molar refractivity (Wildman–Crippen MR) is 64.0 cm³/mol. The van der Waals surface area contributed by atoms with Crippen molar-refractivity contribution < 1.29 is 4.74 Å². The van der Waals surface area contributed by atoms with Crippen molar-refractivity contribution in [3.05, 3.63) is 29.8 Å². The van der Waals surface area contributed by atoms with E-state index in [1.165, 1.54) is 5.56 Å². The van der Waals surface area contributed by atoms with Crippen molar-refractivity contribution in [2.24, 2.45) is 5.41 Å². The Kier molecular flexibility index (Phi) is 3.99. The summed E-state index contributed by atoms with van der Waals surface area (Å²) in [5, 5.41) is 0.841. The van der Waals surface area contributed by atoms with Crippen LogP contribution in [0.3, 0.4) is 0 Å². The second-order valence-electron chi connectivity index (χ2n) is 4.59. The molecule has 14 heavy (non-hydrogen) atoms. The van der Waals surface area contributed by atoms with Crippen LogP contribution in [0.15, 0.2) is 24.3 Å². The van der Waals surface area contributed by atoms with Gasteiger partial charge in [0, 0.05) is 10.9 Å². The SMILES string of the molecule is CC(C)(C)COc1ccccc1CBr. The third-order valence-electron chi connectivity index (χ3n) is 1.78. The molecule has 2 heteroatoms. The van der Waals surface area contributed by atoms with Gasteiger partial charge >= 0.3 is 0 Å². The third kappa shape index (κ3) is 3.70. The quantitative estimate of drug-likeness (QED) is 0.743. The Labute approximate surface area is 94.6 Å². The molecule has 1 aromatic carbocycles. The molecule has 0 radical (unpaired) electrons. The zero-order chi connectivity index (χ0) is 10.6. The highest BCUT2D eigenvalue weighted by Crippen LogP contribution is 2.23. The van der Waals surface area contributed by atoms with E-state index in [1.54, 1.807) is 0 Å². The van der Waals surface area contributed by atoms with Gasteiger partial charge in [0.1, 0.15) is 5.75 Å². The Morgan fingerprint density at radius 1 is 1.21 bits per heavy atom. The first-order chi connectivity index (χ1) is 6.53. The molecule has 0 aromatic heterocycles. The molecule has 1 aromatic rings. The molecule has 0 unspecified atom stereocenters. The van der Waals surface area contributed by atoms with Gasteiger partial charge in [-0.15, -0.1) is 0 Å². The molecule has 0 amide bonds. The van der Waals surface area contributed by atoms with Gasteiger partial charge in [-0.1, -0.05) is 54.9 Å². The minimum absolute atomic E-state index is 0.208. The molecule has 0 aliphatic carbocycles. The van der Waals surface area contributed by atoms with Crippen LogP contribution in [0.25, 0.3) is 0 Å². The van der Waals surface area contributed by atoms with E-state index in [2.05, 4.69) is 42.8 Å². The Morgan fingerprint density at radius 2 is 1.86 bits per heavy atom. The first-order valence-electron chi connectivity index (χ1n) is 4.79. The molecule has 0 bridgehead atoms. The van der Waals surface area contributed by atoms with Crippen molar-refractivity contribution in [2.45, 2.75) is 26.1 Å². The number of ether oxygens (including phenoxy) is 1. The third-order valence-corrected chi connectivity index (χ3v) is 2.38. The van der Waals surface area contributed by atoms with Gasteiger partial charge in [0.05, 0.1) is 6.61 Å².